The van der Waals surface area contributed by atoms with Crippen molar-refractivity contribution in [1.29, 1.82) is 0 Å². The number of hydrogen-bond acceptors (Lipinski definition) is 5. The molecule has 2 unspecified atom stereocenters. The second kappa shape index (κ2) is 10.0. The predicted molar refractivity (Wildman–Crippen MR) is 67.1 cm³/mol. The Morgan fingerprint density at radius 1 is 1.00 bits per heavy atom. The molecule has 0 aromatic carbocycles. The maximum Gasteiger partial charge on any atom is 0.313 e. The van der Waals surface area contributed by atoms with E-state index in [1.807, 2.05) is 20.8 Å². The molecule has 0 rings (SSSR count). The van der Waals surface area contributed by atoms with E-state index in [0.29, 0.717) is 19.4 Å². The Hall–Kier alpha value is -0.940. The second-order valence-corrected chi connectivity index (χ2v) is 4.24. The molecule has 18 heavy (non-hydrogen) atoms. The second-order valence-electron chi connectivity index (χ2n) is 4.24. The third kappa shape index (κ3) is 9.13. The van der Waals surface area contributed by atoms with Crippen molar-refractivity contribution in [3.05, 3.63) is 0 Å². The van der Waals surface area contributed by atoms with Crippen molar-refractivity contribution in [2.24, 2.45) is 0 Å². The van der Waals surface area contributed by atoms with Crippen LogP contribution in [0.15, 0.2) is 0 Å². The SMILES string of the molecule is CCOC(C)CCC(=O)OC(=O)CCC(C)OC. The average Bonchev–Trinajstić information content (AvgIpc) is 2.33. The molecule has 0 aromatic rings. The van der Waals surface area contributed by atoms with Crippen LogP contribution in [-0.2, 0) is 23.8 Å². The van der Waals surface area contributed by atoms with E-state index in [2.05, 4.69) is 4.74 Å². The van der Waals surface area contributed by atoms with E-state index in [1.165, 1.54) is 0 Å². The number of hydrogen-bond donors (Lipinski definition) is 0. The van der Waals surface area contributed by atoms with Crippen molar-refractivity contribution < 1.29 is 23.8 Å². The molecular weight excluding hydrogens is 236 g/mol. The lowest BCUT2D eigenvalue weighted by Gasteiger charge is -2.11. The predicted octanol–water partition coefficient (Wildman–Crippen LogP) is 2.08. The highest BCUT2D eigenvalue weighted by molar-refractivity contribution is 5.85. The van der Waals surface area contributed by atoms with Crippen molar-refractivity contribution >= 4 is 11.9 Å². The number of methoxy groups -OCH3 is 1. The normalized spacial score (nSPS) is 14.0. The van der Waals surface area contributed by atoms with E-state index >= 15 is 0 Å². The Bertz CT molecular complexity index is 252. The first-order chi connectivity index (χ1) is 8.49. The van der Waals surface area contributed by atoms with Crippen molar-refractivity contribution in [2.75, 3.05) is 13.7 Å². The molecule has 0 saturated carbocycles. The zero-order chi connectivity index (χ0) is 14.0. The van der Waals surface area contributed by atoms with Gasteiger partial charge in [0.2, 0.25) is 0 Å². The fraction of sp³-hybridized carbons (Fsp3) is 0.846. The zero-order valence-corrected chi connectivity index (χ0v) is 11.7. The van der Waals surface area contributed by atoms with Gasteiger partial charge >= 0.3 is 11.9 Å². The summed E-state index contributed by atoms with van der Waals surface area (Å²) in [5, 5.41) is 0. The van der Waals surface area contributed by atoms with Gasteiger partial charge in [-0.2, -0.15) is 0 Å². The van der Waals surface area contributed by atoms with E-state index in [0.717, 1.165) is 0 Å². The van der Waals surface area contributed by atoms with Crippen molar-refractivity contribution in [3.63, 3.8) is 0 Å². The lowest BCUT2D eigenvalue weighted by Crippen LogP contribution is -2.17. The summed E-state index contributed by atoms with van der Waals surface area (Å²) in [6, 6.07) is 0. The molecule has 2 atom stereocenters. The average molecular weight is 260 g/mol. The molecule has 0 aliphatic carbocycles. The van der Waals surface area contributed by atoms with Gasteiger partial charge in [-0.3, -0.25) is 9.59 Å². The Morgan fingerprint density at radius 2 is 1.50 bits per heavy atom. The van der Waals surface area contributed by atoms with Crippen LogP contribution < -0.4 is 0 Å². The van der Waals surface area contributed by atoms with Crippen LogP contribution in [0.2, 0.25) is 0 Å². The molecule has 0 bridgehead atoms. The fourth-order valence-electron chi connectivity index (χ4n) is 1.36. The number of carbonyl (C=O) groups excluding carboxylic acids is 2. The van der Waals surface area contributed by atoms with Crippen LogP contribution in [0.25, 0.3) is 0 Å². The third-order valence-corrected chi connectivity index (χ3v) is 2.59. The molecule has 0 spiro atoms. The van der Waals surface area contributed by atoms with E-state index < -0.39 is 11.9 Å². The van der Waals surface area contributed by atoms with Crippen LogP contribution in [0, 0.1) is 0 Å². The molecule has 0 N–H and O–H groups in total. The van der Waals surface area contributed by atoms with E-state index in [1.54, 1.807) is 7.11 Å². The summed E-state index contributed by atoms with van der Waals surface area (Å²) >= 11 is 0. The van der Waals surface area contributed by atoms with Gasteiger partial charge in [0.25, 0.3) is 0 Å². The van der Waals surface area contributed by atoms with E-state index in [9.17, 15) is 9.59 Å². The molecule has 5 nitrogen and oxygen atoms in total. The molecular formula is C13H24O5. The lowest BCUT2D eigenvalue weighted by molar-refractivity contribution is -0.160. The number of ether oxygens (including phenoxy) is 3. The Morgan fingerprint density at radius 3 is 1.94 bits per heavy atom. The summed E-state index contributed by atoms with van der Waals surface area (Å²) in [6.07, 6.45) is 1.51. The maximum atomic E-state index is 11.3. The highest BCUT2D eigenvalue weighted by Gasteiger charge is 2.13. The molecule has 0 aromatic heterocycles. The van der Waals surface area contributed by atoms with Crippen LogP contribution in [0.4, 0.5) is 0 Å². The zero-order valence-electron chi connectivity index (χ0n) is 11.7. The minimum absolute atomic E-state index is 0.00571. The largest absolute Gasteiger partial charge is 0.393 e. The first-order valence-corrected chi connectivity index (χ1v) is 6.37. The standard InChI is InChI=1S/C13H24O5/c1-5-17-11(3)7-9-13(15)18-12(14)8-6-10(2)16-4/h10-11H,5-9H2,1-4H3. The van der Waals surface area contributed by atoms with Crippen LogP contribution in [0.5, 0.6) is 0 Å². The molecule has 0 amide bonds. The Kier molecular flexibility index (Phi) is 9.50. The van der Waals surface area contributed by atoms with E-state index in [4.69, 9.17) is 9.47 Å². The quantitative estimate of drug-likeness (QED) is 0.469. The molecule has 0 heterocycles. The van der Waals surface area contributed by atoms with Crippen molar-refractivity contribution in [2.45, 2.75) is 58.7 Å². The van der Waals surface area contributed by atoms with Gasteiger partial charge in [-0.15, -0.1) is 0 Å². The summed E-state index contributed by atoms with van der Waals surface area (Å²) in [7, 11) is 1.58. The van der Waals surface area contributed by atoms with Gasteiger partial charge in [0, 0.05) is 26.6 Å². The smallest absolute Gasteiger partial charge is 0.313 e. The van der Waals surface area contributed by atoms with Crippen molar-refractivity contribution in [1.82, 2.24) is 0 Å². The van der Waals surface area contributed by atoms with Gasteiger partial charge in [-0.05, 0) is 33.6 Å². The van der Waals surface area contributed by atoms with E-state index in [-0.39, 0.29) is 25.0 Å². The topological polar surface area (TPSA) is 61.8 Å². The maximum absolute atomic E-state index is 11.3. The fourth-order valence-corrected chi connectivity index (χ4v) is 1.36. The first kappa shape index (κ1) is 17.1. The van der Waals surface area contributed by atoms with Gasteiger partial charge in [-0.25, -0.2) is 0 Å². The number of esters is 2. The summed E-state index contributed by atoms with van der Waals surface area (Å²) in [6.45, 7) is 6.26. The van der Waals surface area contributed by atoms with Crippen molar-refractivity contribution in [3.8, 4) is 0 Å². The third-order valence-electron chi connectivity index (χ3n) is 2.59. The molecule has 0 aliphatic heterocycles. The van der Waals surface area contributed by atoms with Gasteiger partial charge in [0.15, 0.2) is 0 Å². The van der Waals surface area contributed by atoms with Gasteiger partial charge in [-0.1, -0.05) is 0 Å². The molecule has 0 fully saturated rings. The van der Waals surface area contributed by atoms with Crippen LogP contribution in [-0.4, -0.2) is 37.9 Å². The van der Waals surface area contributed by atoms with Crippen LogP contribution in [0.1, 0.15) is 46.5 Å². The monoisotopic (exact) mass is 260 g/mol. The molecule has 106 valence electrons. The number of rotatable bonds is 9. The highest BCUT2D eigenvalue weighted by atomic mass is 16.6. The molecule has 0 saturated heterocycles. The van der Waals surface area contributed by atoms with Gasteiger partial charge in [0.05, 0.1) is 12.2 Å². The summed E-state index contributed by atoms with van der Waals surface area (Å²) in [5.74, 6) is -0.982. The Labute approximate surface area is 109 Å². The molecule has 0 radical (unpaired) electrons. The minimum Gasteiger partial charge on any atom is -0.393 e. The first-order valence-electron chi connectivity index (χ1n) is 6.37. The Balaban J connectivity index is 3.70. The lowest BCUT2D eigenvalue weighted by atomic mass is 10.2. The van der Waals surface area contributed by atoms with Crippen LogP contribution >= 0.6 is 0 Å². The highest BCUT2D eigenvalue weighted by Crippen LogP contribution is 2.05. The minimum atomic E-state index is -0.493. The van der Waals surface area contributed by atoms with Crippen LogP contribution in [0.3, 0.4) is 0 Å². The summed E-state index contributed by atoms with van der Waals surface area (Å²) in [5.41, 5.74) is 0. The summed E-state index contributed by atoms with van der Waals surface area (Å²) in [4.78, 5) is 22.7. The summed E-state index contributed by atoms with van der Waals surface area (Å²) < 4.78 is 15.0. The van der Waals surface area contributed by atoms with Gasteiger partial charge in [0.1, 0.15) is 0 Å². The molecule has 5 heteroatoms. The molecule has 0 aliphatic rings. The number of carbonyl (C=O) groups is 2. The van der Waals surface area contributed by atoms with Gasteiger partial charge < -0.3 is 14.2 Å².